The van der Waals surface area contributed by atoms with Crippen molar-refractivity contribution in [2.75, 3.05) is 0 Å². The highest BCUT2D eigenvalue weighted by Gasteiger charge is 2.48. The second-order valence-corrected chi connectivity index (χ2v) is 4.18. The highest BCUT2D eigenvalue weighted by atomic mass is 16.1. The summed E-state index contributed by atoms with van der Waals surface area (Å²) in [6.45, 7) is 7.85. The number of carbonyl (C=O) groups is 1. The first-order valence-corrected chi connectivity index (χ1v) is 4.48. The first kappa shape index (κ1) is 7.78. The van der Waals surface area contributed by atoms with E-state index in [1.54, 1.807) is 0 Å². The Bertz CT molecular complexity index is 242. The summed E-state index contributed by atoms with van der Waals surface area (Å²) in [4.78, 5) is 11.2. The summed E-state index contributed by atoms with van der Waals surface area (Å²) in [6, 6.07) is 0. The molecule has 0 radical (unpaired) electrons. The first-order valence-electron chi connectivity index (χ1n) is 4.48. The molecule has 0 N–H and O–H groups in total. The van der Waals surface area contributed by atoms with Crippen molar-refractivity contribution in [2.45, 2.75) is 25.7 Å². The normalized spacial score (nSPS) is 40.2. The SMILES string of the molecule is C=C[C@]12CC(=C)C[C@H]1CC(=O)C2. The molecular formula is C11H14O. The molecule has 64 valence electrons. The van der Waals surface area contributed by atoms with Crippen LogP contribution in [-0.4, -0.2) is 5.78 Å². The van der Waals surface area contributed by atoms with Gasteiger partial charge in [-0.15, -0.1) is 6.58 Å². The maximum absolute atomic E-state index is 11.2. The Morgan fingerprint density at radius 2 is 2.17 bits per heavy atom. The van der Waals surface area contributed by atoms with Gasteiger partial charge in [0.1, 0.15) is 5.78 Å². The molecule has 0 aromatic carbocycles. The molecule has 0 saturated heterocycles. The van der Waals surface area contributed by atoms with Gasteiger partial charge in [0.25, 0.3) is 0 Å². The Hall–Kier alpha value is -0.850. The smallest absolute Gasteiger partial charge is 0.134 e. The molecule has 2 aliphatic carbocycles. The third-order valence-electron chi connectivity index (χ3n) is 3.33. The van der Waals surface area contributed by atoms with Crippen molar-refractivity contribution >= 4 is 5.78 Å². The Labute approximate surface area is 73.2 Å². The summed E-state index contributed by atoms with van der Waals surface area (Å²) >= 11 is 0. The van der Waals surface area contributed by atoms with Gasteiger partial charge < -0.3 is 0 Å². The van der Waals surface area contributed by atoms with Gasteiger partial charge in [0.15, 0.2) is 0 Å². The lowest BCUT2D eigenvalue weighted by Crippen LogP contribution is -2.15. The van der Waals surface area contributed by atoms with Crippen LogP contribution in [0.15, 0.2) is 24.8 Å². The van der Waals surface area contributed by atoms with Crippen LogP contribution in [0.4, 0.5) is 0 Å². The van der Waals surface area contributed by atoms with Gasteiger partial charge in [0.2, 0.25) is 0 Å². The van der Waals surface area contributed by atoms with E-state index in [9.17, 15) is 4.79 Å². The fourth-order valence-electron chi connectivity index (χ4n) is 2.74. The third kappa shape index (κ3) is 0.889. The lowest BCUT2D eigenvalue weighted by molar-refractivity contribution is -0.118. The summed E-state index contributed by atoms with van der Waals surface area (Å²) in [7, 11) is 0. The standard InChI is InChI=1S/C11H14O/c1-3-11-6-8(2)4-9(11)5-10(12)7-11/h3,9H,1-2,4-7H2/t9-,11+/m0/s1. The maximum atomic E-state index is 11.2. The van der Waals surface area contributed by atoms with E-state index in [1.807, 2.05) is 6.08 Å². The molecule has 12 heavy (non-hydrogen) atoms. The first-order chi connectivity index (χ1) is 5.66. The molecule has 0 aromatic heterocycles. The molecule has 2 rings (SSSR count). The minimum Gasteiger partial charge on any atom is -0.300 e. The van der Waals surface area contributed by atoms with Crippen LogP contribution in [0.25, 0.3) is 0 Å². The van der Waals surface area contributed by atoms with Gasteiger partial charge in [-0.25, -0.2) is 0 Å². The zero-order valence-corrected chi connectivity index (χ0v) is 7.31. The van der Waals surface area contributed by atoms with E-state index in [0.717, 1.165) is 19.3 Å². The molecular weight excluding hydrogens is 148 g/mol. The van der Waals surface area contributed by atoms with E-state index >= 15 is 0 Å². The molecule has 0 heterocycles. The average molecular weight is 162 g/mol. The second-order valence-electron chi connectivity index (χ2n) is 4.18. The number of carbonyl (C=O) groups excluding carboxylic acids is 1. The summed E-state index contributed by atoms with van der Waals surface area (Å²) in [6.07, 6.45) is 5.48. The van der Waals surface area contributed by atoms with Crippen LogP contribution < -0.4 is 0 Å². The van der Waals surface area contributed by atoms with E-state index in [0.29, 0.717) is 18.1 Å². The average Bonchev–Trinajstić information content (AvgIpc) is 2.40. The third-order valence-corrected chi connectivity index (χ3v) is 3.33. The quantitative estimate of drug-likeness (QED) is 0.541. The summed E-state index contributed by atoms with van der Waals surface area (Å²) < 4.78 is 0. The van der Waals surface area contributed by atoms with Crippen molar-refractivity contribution in [1.29, 1.82) is 0 Å². The van der Waals surface area contributed by atoms with Gasteiger partial charge in [-0.3, -0.25) is 4.79 Å². The number of ketones is 1. The summed E-state index contributed by atoms with van der Waals surface area (Å²) in [5.41, 5.74) is 1.40. The van der Waals surface area contributed by atoms with Crippen LogP contribution in [0.2, 0.25) is 0 Å². The predicted molar refractivity (Wildman–Crippen MR) is 48.7 cm³/mol. The lowest BCUT2D eigenvalue weighted by atomic mass is 9.81. The van der Waals surface area contributed by atoms with Crippen molar-refractivity contribution in [3.05, 3.63) is 24.8 Å². The van der Waals surface area contributed by atoms with E-state index < -0.39 is 0 Å². The number of allylic oxidation sites excluding steroid dienone is 2. The topological polar surface area (TPSA) is 17.1 Å². The Morgan fingerprint density at radius 3 is 2.75 bits per heavy atom. The predicted octanol–water partition coefficient (Wildman–Crippen LogP) is 2.49. The summed E-state index contributed by atoms with van der Waals surface area (Å²) in [5, 5.41) is 0. The van der Waals surface area contributed by atoms with Crippen LogP contribution in [0.1, 0.15) is 25.7 Å². The highest BCUT2D eigenvalue weighted by molar-refractivity contribution is 5.83. The van der Waals surface area contributed by atoms with Crippen molar-refractivity contribution in [3.63, 3.8) is 0 Å². The second kappa shape index (κ2) is 2.32. The zero-order valence-electron chi connectivity index (χ0n) is 7.31. The van der Waals surface area contributed by atoms with Gasteiger partial charge in [-0.2, -0.15) is 0 Å². The van der Waals surface area contributed by atoms with Crippen LogP contribution in [0, 0.1) is 11.3 Å². The van der Waals surface area contributed by atoms with E-state index in [-0.39, 0.29) is 5.41 Å². The number of rotatable bonds is 1. The Kier molecular flexibility index (Phi) is 1.50. The molecule has 2 saturated carbocycles. The van der Waals surface area contributed by atoms with Crippen LogP contribution in [0.3, 0.4) is 0 Å². The molecule has 0 aromatic rings. The largest absolute Gasteiger partial charge is 0.300 e. The van der Waals surface area contributed by atoms with Crippen molar-refractivity contribution in [1.82, 2.24) is 0 Å². The molecule has 0 amide bonds. The molecule has 1 heteroatoms. The molecule has 0 bridgehead atoms. The van der Waals surface area contributed by atoms with Crippen molar-refractivity contribution in [2.24, 2.45) is 11.3 Å². The van der Waals surface area contributed by atoms with Gasteiger partial charge in [-0.05, 0) is 18.8 Å². The maximum Gasteiger partial charge on any atom is 0.134 e. The number of fused-ring (bicyclic) bond motifs is 1. The minimum absolute atomic E-state index is 0.105. The van der Waals surface area contributed by atoms with Gasteiger partial charge in [0.05, 0.1) is 0 Å². The lowest BCUT2D eigenvalue weighted by Gasteiger charge is -2.22. The highest BCUT2D eigenvalue weighted by Crippen LogP contribution is 2.55. The number of hydrogen-bond acceptors (Lipinski definition) is 1. The Morgan fingerprint density at radius 1 is 1.42 bits per heavy atom. The number of Topliss-reactive ketones (excluding diaryl/α,β-unsaturated/α-hetero) is 1. The molecule has 2 aliphatic rings. The van der Waals surface area contributed by atoms with Crippen molar-refractivity contribution in [3.8, 4) is 0 Å². The van der Waals surface area contributed by atoms with Gasteiger partial charge in [0, 0.05) is 18.3 Å². The van der Waals surface area contributed by atoms with Gasteiger partial charge in [-0.1, -0.05) is 18.2 Å². The molecule has 2 atom stereocenters. The van der Waals surface area contributed by atoms with Crippen LogP contribution >= 0.6 is 0 Å². The molecule has 0 unspecified atom stereocenters. The molecule has 0 aliphatic heterocycles. The molecule has 1 nitrogen and oxygen atoms in total. The Balaban J connectivity index is 2.32. The van der Waals surface area contributed by atoms with E-state index in [2.05, 4.69) is 13.2 Å². The fourth-order valence-corrected chi connectivity index (χ4v) is 2.74. The molecule has 0 spiro atoms. The minimum atomic E-state index is 0.105. The number of hydrogen-bond donors (Lipinski definition) is 0. The van der Waals surface area contributed by atoms with Crippen LogP contribution in [-0.2, 0) is 4.79 Å². The fraction of sp³-hybridized carbons (Fsp3) is 0.545. The monoisotopic (exact) mass is 162 g/mol. The zero-order chi connectivity index (χ0) is 8.77. The van der Waals surface area contributed by atoms with Gasteiger partial charge >= 0.3 is 0 Å². The van der Waals surface area contributed by atoms with E-state index in [1.165, 1.54) is 5.57 Å². The van der Waals surface area contributed by atoms with E-state index in [4.69, 9.17) is 0 Å². The van der Waals surface area contributed by atoms with Crippen LogP contribution in [0.5, 0.6) is 0 Å². The molecule has 2 fully saturated rings. The summed E-state index contributed by atoms with van der Waals surface area (Å²) in [5.74, 6) is 0.933. The van der Waals surface area contributed by atoms with Crippen molar-refractivity contribution < 1.29 is 4.79 Å².